The largest absolute Gasteiger partial charge is 0.494 e. The van der Waals surface area contributed by atoms with Crippen molar-refractivity contribution in [1.29, 1.82) is 0 Å². The van der Waals surface area contributed by atoms with E-state index < -0.39 is 0 Å². The Kier molecular flexibility index (Phi) is 3.71. The first-order valence-electron chi connectivity index (χ1n) is 7.97. The SMILES string of the molecule is CCOc1ccc(-c2cn[nH]c2-c2ccnc3ccccc23)cc1. The summed E-state index contributed by atoms with van der Waals surface area (Å²) in [6.45, 7) is 2.65. The number of hydrogen-bond donors (Lipinski definition) is 1. The average molecular weight is 315 g/mol. The van der Waals surface area contributed by atoms with Gasteiger partial charge in [0.1, 0.15) is 5.75 Å². The van der Waals surface area contributed by atoms with Gasteiger partial charge in [0.25, 0.3) is 0 Å². The third-order valence-corrected chi connectivity index (χ3v) is 4.03. The van der Waals surface area contributed by atoms with E-state index in [1.54, 1.807) is 0 Å². The molecule has 0 aliphatic carbocycles. The summed E-state index contributed by atoms with van der Waals surface area (Å²) in [6.07, 6.45) is 3.70. The molecule has 24 heavy (non-hydrogen) atoms. The highest BCUT2D eigenvalue weighted by atomic mass is 16.5. The molecule has 0 radical (unpaired) electrons. The van der Waals surface area contributed by atoms with Gasteiger partial charge in [0.05, 0.1) is 24.0 Å². The van der Waals surface area contributed by atoms with Crippen molar-refractivity contribution in [3.05, 3.63) is 67.0 Å². The first kappa shape index (κ1) is 14.5. The van der Waals surface area contributed by atoms with Crippen LogP contribution in [0.2, 0.25) is 0 Å². The maximum Gasteiger partial charge on any atom is 0.119 e. The Bertz CT molecular complexity index is 968. The molecule has 0 saturated carbocycles. The van der Waals surface area contributed by atoms with Gasteiger partial charge in [-0.2, -0.15) is 5.10 Å². The molecule has 118 valence electrons. The molecule has 4 nitrogen and oxygen atoms in total. The minimum absolute atomic E-state index is 0.666. The highest BCUT2D eigenvalue weighted by Crippen LogP contribution is 2.34. The molecule has 0 aliphatic rings. The highest BCUT2D eigenvalue weighted by molar-refractivity contribution is 5.97. The molecule has 0 saturated heterocycles. The monoisotopic (exact) mass is 315 g/mol. The van der Waals surface area contributed by atoms with E-state index in [9.17, 15) is 0 Å². The van der Waals surface area contributed by atoms with E-state index in [0.717, 1.165) is 39.0 Å². The molecule has 0 unspecified atom stereocenters. The number of aromatic nitrogens is 3. The second-order valence-electron chi connectivity index (χ2n) is 5.49. The fourth-order valence-corrected chi connectivity index (χ4v) is 2.92. The second-order valence-corrected chi connectivity index (χ2v) is 5.49. The van der Waals surface area contributed by atoms with Gasteiger partial charge in [-0.1, -0.05) is 30.3 Å². The van der Waals surface area contributed by atoms with E-state index in [-0.39, 0.29) is 0 Å². The molecule has 0 amide bonds. The summed E-state index contributed by atoms with van der Waals surface area (Å²) >= 11 is 0. The van der Waals surface area contributed by atoms with Gasteiger partial charge in [0, 0.05) is 22.7 Å². The molecule has 0 spiro atoms. The summed E-state index contributed by atoms with van der Waals surface area (Å²) in [6, 6.07) is 18.2. The molecule has 2 heterocycles. The van der Waals surface area contributed by atoms with Crippen LogP contribution >= 0.6 is 0 Å². The second kappa shape index (κ2) is 6.16. The number of hydrogen-bond acceptors (Lipinski definition) is 3. The Morgan fingerprint density at radius 2 is 1.79 bits per heavy atom. The third kappa shape index (κ3) is 2.52. The Morgan fingerprint density at radius 3 is 2.62 bits per heavy atom. The van der Waals surface area contributed by atoms with E-state index in [1.807, 2.05) is 55.7 Å². The number of nitrogens with one attached hydrogen (secondary N) is 1. The van der Waals surface area contributed by atoms with Crippen LogP contribution in [0.25, 0.3) is 33.3 Å². The Morgan fingerprint density at radius 1 is 0.958 bits per heavy atom. The number of fused-ring (bicyclic) bond motifs is 1. The topological polar surface area (TPSA) is 50.8 Å². The van der Waals surface area contributed by atoms with Gasteiger partial charge in [-0.05, 0) is 36.8 Å². The van der Waals surface area contributed by atoms with Gasteiger partial charge in [-0.25, -0.2) is 0 Å². The molecule has 2 aromatic carbocycles. The molecule has 0 atom stereocenters. The van der Waals surface area contributed by atoms with Gasteiger partial charge in [-0.15, -0.1) is 0 Å². The number of ether oxygens (including phenoxy) is 1. The van der Waals surface area contributed by atoms with E-state index in [1.165, 1.54) is 0 Å². The lowest BCUT2D eigenvalue weighted by Gasteiger charge is -2.08. The van der Waals surface area contributed by atoms with Gasteiger partial charge in [-0.3, -0.25) is 10.1 Å². The van der Waals surface area contributed by atoms with Crippen LogP contribution < -0.4 is 4.74 Å². The van der Waals surface area contributed by atoms with Crippen molar-refractivity contribution in [1.82, 2.24) is 15.2 Å². The zero-order valence-electron chi connectivity index (χ0n) is 13.4. The van der Waals surface area contributed by atoms with Crippen LogP contribution in [0.1, 0.15) is 6.92 Å². The van der Waals surface area contributed by atoms with Crippen molar-refractivity contribution >= 4 is 10.9 Å². The summed E-state index contributed by atoms with van der Waals surface area (Å²) in [4.78, 5) is 4.44. The zero-order valence-corrected chi connectivity index (χ0v) is 13.4. The molecule has 0 fully saturated rings. The van der Waals surface area contributed by atoms with Crippen molar-refractivity contribution in [2.75, 3.05) is 6.61 Å². The summed E-state index contributed by atoms with van der Waals surface area (Å²) in [5, 5.41) is 8.52. The molecular formula is C20H17N3O. The van der Waals surface area contributed by atoms with Crippen molar-refractivity contribution < 1.29 is 4.74 Å². The summed E-state index contributed by atoms with van der Waals surface area (Å²) in [7, 11) is 0. The predicted octanol–water partition coefficient (Wildman–Crippen LogP) is 4.69. The maximum absolute atomic E-state index is 5.52. The smallest absolute Gasteiger partial charge is 0.119 e. The number of para-hydroxylation sites is 1. The average Bonchev–Trinajstić information content (AvgIpc) is 3.12. The van der Waals surface area contributed by atoms with Crippen LogP contribution in [-0.2, 0) is 0 Å². The quantitative estimate of drug-likeness (QED) is 0.594. The van der Waals surface area contributed by atoms with Crippen LogP contribution in [0.15, 0.2) is 67.0 Å². The molecule has 4 aromatic rings. The molecule has 1 N–H and O–H groups in total. The molecule has 0 aliphatic heterocycles. The van der Waals surface area contributed by atoms with Crippen molar-refractivity contribution in [3.8, 4) is 28.1 Å². The summed E-state index contributed by atoms with van der Waals surface area (Å²) < 4.78 is 5.52. The number of rotatable bonds is 4. The lowest BCUT2D eigenvalue weighted by Crippen LogP contribution is -1.91. The number of benzene rings is 2. The Balaban J connectivity index is 1.82. The molecular weight excluding hydrogens is 298 g/mol. The highest BCUT2D eigenvalue weighted by Gasteiger charge is 2.13. The Labute approximate surface area is 140 Å². The summed E-state index contributed by atoms with van der Waals surface area (Å²) in [5.41, 5.74) is 5.24. The molecule has 4 heteroatoms. The van der Waals surface area contributed by atoms with E-state index in [4.69, 9.17) is 4.74 Å². The van der Waals surface area contributed by atoms with E-state index in [0.29, 0.717) is 6.61 Å². The normalized spacial score (nSPS) is 10.9. The first-order valence-corrected chi connectivity index (χ1v) is 7.97. The van der Waals surface area contributed by atoms with Crippen molar-refractivity contribution in [3.63, 3.8) is 0 Å². The van der Waals surface area contributed by atoms with E-state index >= 15 is 0 Å². The number of H-pyrrole nitrogens is 1. The maximum atomic E-state index is 5.52. The minimum atomic E-state index is 0.666. The first-order chi connectivity index (χ1) is 11.9. The van der Waals surface area contributed by atoms with Crippen molar-refractivity contribution in [2.45, 2.75) is 6.92 Å². The molecule has 2 aromatic heterocycles. The number of pyridine rings is 1. The minimum Gasteiger partial charge on any atom is -0.494 e. The van der Waals surface area contributed by atoms with Crippen LogP contribution in [0.3, 0.4) is 0 Å². The van der Waals surface area contributed by atoms with Crippen LogP contribution in [0.4, 0.5) is 0 Å². The fourth-order valence-electron chi connectivity index (χ4n) is 2.92. The van der Waals surface area contributed by atoms with Crippen LogP contribution in [-0.4, -0.2) is 21.8 Å². The Hall–Kier alpha value is -3.14. The van der Waals surface area contributed by atoms with Crippen LogP contribution in [0, 0.1) is 0 Å². The third-order valence-electron chi connectivity index (χ3n) is 4.03. The standard InChI is InChI=1S/C20H17N3O/c1-2-24-15-9-7-14(8-10-15)18-13-22-23-20(18)17-11-12-21-19-6-4-3-5-16(17)19/h3-13H,2H2,1H3,(H,22,23). The molecule has 0 bridgehead atoms. The predicted molar refractivity (Wildman–Crippen MR) is 95.9 cm³/mol. The van der Waals surface area contributed by atoms with Gasteiger partial charge in [0.2, 0.25) is 0 Å². The number of aromatic amines is 1. The molecule has 4 rings (SSSR count). The zero-order chi connectivity index (χ0) is 16.4. The fraction of sp³-hybridized carbons (Fsp3) is 0.100. The number of nitrogens with zero attached hydrogens (tertiary/aromatic N) is 2. The van der Waals surface area contributed by atoms with Gasteiger partial charge < -0.3 is 4.74 Å². The van der Waals surface area contributed by atoms with Gasteiger partial charge in [0.15, 0.2) is 0 Å². The lowest BCUT2D eigenvalue weighted by molar-refractivity contribution is 0.340. The van der Waals surface area contributed by atoms with E-state index in [2.05, 4.69) is 33.4 Å². The lowest BCUT2D eigenvalue weighted by atomic mass is 9.99. The van der Waals surface area contributed by atoms with Gasteiger partial charge >= 0.3 is 0 Å². The summed E-state index contributed by atoms with van der Waals surface area (Å²) in [5.74, 6) is 0.876. The van der Waals surface area contributed by atoms with Crippen LogP contribution in [0.5, 0.6) is 5.75 Å². The van der Waals surface area contributed by atoms with Crippen molar-refractivity contribution in [2.24, 2.45) is 0 Å².